The summed E-state index contributed by atoms with van der Waals surface area (Å²) in [6.45, 7) is 0. The Bertz CT molecular complexity index is 678. The van der Waals surface area contributed by atoms with Crippen molar-refractivity contribution in [2.45, 2.75) is 12.5 Å². The lowest BCUT2D eigenvalue weighted by Gasteiger charge is -2.12. The van der Waals surface area contributed by atoms with E-state index in [1.807, 2.05) is 0 Å². The van der Waals surface area contributed by atoms with Gasteiger partial charge in [-0.2, -0.15) is 0 Å². The average Bonchev–Trinajstić information content (AvgIpc) is 2.70. The number of nitrogens with zero attached hydrogens (tertiary/aromatic N) is 1. The third-order valence-electron chi connectivity index (χ3n) is 2.77. The fourth-order valence-corrected chi connectivity index (χ4v) is 4.29. The van der Waals surface area contributed by atoms with Gasteiger partial charge in [-0.25, -0.2) is 13.4 Å². The van der Waals surface area contributed by atoms with Crippen molar-refractivity contribution in [1.29, 1.82) is 0 Å². The Morgan fingerprint density at radius 2 is 1.80 bits per heavy atom. The number of hydrogen-bond donors (Lipinski definition) is 1. The lowest BCUT2D eigenvalue weighted by Crippen LogP contribution is -2.36. The first-order valence-corrected chi connectivity index (χ1v) is 8.76. The first-order valence-electron chi connectivity index (χ1n) is 5.42. The molecule has 1 N–H and O–H groups in total. The second kappa shape index (κ2) is 5.85. The highest BCUT2D eigenvalue weighted by atomic mass is 35.5. The van der Waals surface area contributed by atoms with Crippen LogP contribution in [-0.2, 0) is 9.84 Å². The maximum atomic E-state index is 12.0. The number of rotatable bonds is 2. The van der Waals surface area contributed by atoms with Gasteiger partial charge in [0, 0.05) is 6.04 Å². The highest BCUT2D eigenvalue weighted by Gasteiger charge is 2.30. The molecule has 1 fully saturated rings. The molecule has 1 amide bonds. The molecule has 2 rings (SSSR count). The molecule has 1 aliphatic heterocycles. The third-order valence-corrected chi connectivity index (χ3v) is 6.21. The van der Waals surface area contributed by atoms with E-state index in [0.29, 0.717) is 6.42 Å². The first kappa shape index (κ1) is 16.1. The molecule has 0 unspecified atom stereocenters. The highest BCUT2D eigenvalue weighted by Crippen LogP contribution is 2.36. The highest BCUT2D eigenvalue weighted by molar-refractivity contribution is 7.91. The first-order chi connectivity index (χ1) is 9.21. The van der Waals surface area contributed by atoms with Crippen molar-refractivity contribution in [2.75, 3.05) is 11.5 Å². The molecule has 1 saturated heterocycles. The number of amides is 1. The van der Waals surface area contributed by atoms with Crippen molar-refractivity contribution in [3.05, 3.63) is 25.9 Å². The molecule has 0 saturated carbocycles. The molecular formula is C10H8Cl4N2O3S. The number of carbonyl (C=O) groups excluding carboxylic acids is 1. The van der Waals surface area contributed by atoms with Crippen LogP contribution in [0.2, 0.25) is 20.2 Å². The van der Waals surface area contributed by atoms with Crippen LogP contribution in [0.1, 0.15) is 16.9 Å². The van der Waals surface area contributed by atoms with Gasteiger partial charge in [-0.1, -0.05) is 46.4 Å². The SMILES string of the molecule is O=C(N[C@@H]1CCS(=O)(=O)C1)c1nc(Cl)c(Cl)c(Cl)c1Cl. The molecule has 20 heavy (non-hydrogen) atoms. The zero-order valence-electron chi connectivity index (χ0n) is 9.79. The van der Waals surface area contributed by atoms with Crippen LogP contribution in [0, 0.1) is 0 Å². The van der Waals surface area contributed by atoms with Gasteiger partial charge >= 0.3 is 0 Å². The van der Waals surface area contributed by atoms with Gasteiger partial charge in [0.15, 0.2) is 9.84 Å². The summed E-state index contributed by atoms with van der Waals surface area (Å²) in [6.07, 6.45) is 0.348. The summed E-state index contributed by atoms with van der Waals surface area (Å²) in [5, 5.41) is 2.15. The van der Waals surface area contributed by atoms with Crippen LogP contribution in [0.15, 0.2) is 0 Å². The van der Waals surface area contributed by atoms with Crippen molar-refractivity contribution >= 4 is 62.1 Å². The minimum absolute atomic E-state index is 0.0429. The third kappa shape index (κ3) is 3.31. The van der Waals surface area contributed by atoms with Crippen molar-refractivity contribution in [1.82, 2.24) is 10.3 Å². The number of sulfone groups is 1. The molecule has 110 valence electrons. The summed E-state index contributed by atoms with van der Waals surface area (Å²) in [7, 11) is -3.10. The lowest BCUT2D eigenvalue weighted by atomic mass is 10.2. The Morgan fingerprint density at radius 1 is 1.15 bits per heavy atom. The summed E-state index contributed by atoms with van der Waals surface area (Å²) < 4.78 is 22.7. The zero-order valence-corrected chi connectivity index (χ0v) is 13.6. The molecule has 2 heterocycles. The smallest absolute Gasteiger partial charge is 0.271 e. The van der Waals surface area contributed by atoms with E-state index in [2.05, 4.69) is 10.3 Å². The fraction of sp³-hybridized carbons (Fsp3) is 0.400. The molecular weight excluding hydrogens is 370 g/mol. The van der Waals surface area contributed by atoms with Crippen LogP contribution in [0.4, 0.5) is 0 Å². The monoisotopic (exact) mass is 376 g/mol. The zero-order chi connectivity index (χ0) is 15.1. The molecule has 10 heteroatoms. The number of hydrogen-bond acceptors (Lipinski definition) is 4. The predicted molar refractivity (Wildman–Crippen MR) is 78.8 cm³/mol. The van der Waals surface area contributed by atoms with Crippen LogP contribution in [0.3, 0.4) is 0 Å². The largest absolute Gasteiger partial charge is 0.347 e. The number of pyridine rings is 1. The fourth-order valence-electron chi connectivity index (χ4n) is 1.80. The minimum Gasteiger partial charge on any atom is -0.347 e. The number of aromatic nitrogens is 1. The number of carbonyl (C=O) groups is 1. The Hall–Kier alpha value is -0.270. The Balaban J connectivity index is 2.23. The van der Waals surface area contributed by atoms with Crippen molar-refractivity contribution in [3.8, 4) is 0 Å². The van der Waals surface area contributed by atoms with E-state index in [0.717, 1.165) is 0 Å². The van der Waals surface area contributed by atoms with Gasteiger partial charge in [-0.3, -0.25) is 4.79 Å². The maximum Gasteiger partial charge on any atom is 0.271 e. The molecule has 0 spiro atoms. The van der Waals surface area contributed by atoms with Crippen molar-refractivity contribution < 1.29 is 13.2 Å². The maximum absolute atomic E-state index is 12.0. The molecule has 1 aliphatic rings. The Morgan fingerprint density at radius 3 is 2.35 bits per heavy atom. The Labute approximate surface area is 135 Å². The van der Waals surface area contributed by atoms with Gasteiger partial charge < -0.3 is 5.32 Å². The van der Waals surface area contributed by atoms with Gasteiger partial charge in [0.1, 0.15) is 10.8 Å². The van der Waals surface area contributed by atoms with E-state index >= 15 is 0 Å². The predicted octanol–water partition coefficient (Wildman–Crippen LogP) is 2.61. The average molecular weight is 378 g/mol. The summed E-state index contributed by atoms with van der Waals surface area (Å²) in [5.74, 6) is -0.704. The number of halogens is 4. The van der Waals surface area contributed by atoms with Gasteiger partial charge in [0.25, 0.3) is 5.91 Å². The second-order valence-corrected chi connectivity index (χ2v) is 7.99. The molecule has 0 bridgehead atoms. The quantitative estimate of drug-likeness (QED) is 0.803. The van der Waals surface area contributed by atoms with E-state index in [-0.39, 0.29) is 37.4 Å². The van der Waals surface area contributed by atoms with Crippen LogP contribution >= 0.6 is 46.4 Å². The molecule has 1 atom stereocenters. The van der Waals surface area contributed by atoms with E-state index in [1.54, 1.807) is 0 Å². The molecule has 0 aliphatic carbocycles. The number of nitrogens with one attached hydrogen (secondary N) is 1. The van der Waals surface area contributed by atoms with Gasteiger partial charge in [-0.15, -0.1) is 0 Å². The van der Waals surface area contributed by atoms with Crippen LogP contribution < -0.4 is 5.32 Å². The standard InChI is InChI=1S/C10H8Cl4N2O3S/c11-5-6(12)8(16-9(14)7(5)13)10(17)15-4-1-2-20(18,19)3-4/h4H,1-3H2,(H,15,17)/t4-/m1/s1. The van der Waals surface area contributed by atoms with Gasteiger partial charge in [-0.05, 0) is 6.42 Å². The summed E-state index contributed by atoms with van der Waals surface area (Å²) in [6, 6.07) is -0.474. The summed E-state index contributed by atoms with van der Waals surface area (Å²) in [5.41, 5.74) is -0.185. The lowest BCUT2D eigenvalue weighted by molar-refractivity contribution is 0.0936. The molecule has 5 nitrogen and oxygen atoms in total. The van der Waals surface area contributed by atoms with Crippen LogP contribution in [0.25, 0.3) is 0 Å². The van der Waals surface area contributed by atoms with Crippen molar-refractivity contribution in [3.63, 3.8) is 0 Å². The van der Waals surface area contributed by atoms with E-state index in [9.17, 15) is 13.2 Å². The van der Waals surface area contributed by atoms with E-state index in [4.69, 9.17) is 46.4 Å². The van der Waals surface area contributed by atoms with Crippen molar-refractivity contribution in [2.24, 2.45) is 0 Å². The topological polar surface area (TPSA) is 76.1 Å². The summed E-state index contributed by atoms with van der Waals surface area (Å²) in [4.78, 5) is 15.8. The Kier molecular flexibility index (Phi) is 4.71. The molecule has 0 aromatic carbocycles. The second-order valence-electron chi connectivity index (χ2n) is 4.27. The molecule has 1 aromatic rings. The van der Waals surface area contributed by atoms with E-state index < -0.39 is 21.8 Å². The van der Waals surface area contributed by atoms with Gasteiger partial charge in [0.05, 0.1) is 26.6 Å². The minimum atomic E-state index is -3.10. The summed E-state index contributed by atoms with van der Waals surface area (Å²) >= 11 is 23.2. The van der Waals surface area contributed by atoms with Crippen LogP contribution in [0.5, 0.6) is 0 Å². The molecule has 1 aromatic heterocycles. The molecule has 0 radical (unpaired) electrons. The normalized spacial score (nSPS) is 20.9. The van der Waals surface area contributed by atoms with Crippen LogP contribution in [-0.4, -0.2) is 36.9 Å². The van der Waals surface area contributed by atoms with E-state index in [1.165, 1.54) is 0 Å². The van der Waals surface area contributed by atoms with Gasteiger partial charge in [0.2, 0.25) is 0 Å².